The van der Waals surface area contributed by atoms with Crippen LogP contribution in [0.5, 0.6) is 5.75 Å². The molecule has 0 amide bonds. The lowest BCUT2D eigenvalue weighted by atomic mass is 10.1. The summed E-state index contributed by atoms with van der Waals surface area (Å²) in [6, 6.07) is 6.07. The Hall–Kier alpha value is -0.800. The number of hydrogen-bond donors (Lipinski definition) is 1. The van der Waals surface area contributed by atoms with Gasteiger partial charge in [-0.25, -0.2) is 0 Å². The zero-order chi connectivity index (χ0) is 11.8. The molecule has 0 aliphatic heterocycles. The molecule has 86 valence electrons. The molecule has 0 saturated heterocycles. The van der Waals surface area contributed by atoms with Crippen molar-refractivity contribution in [2.75, 3.05) is 6.61 Å². The molecular formula is C13H16BrNO. The Morgan fingerprint density at radius 1 is 1.56 bits per heavy atom. The van der Waals surface area contributed by atoms with Crippen LogP contribution in [-0.2, 0) is 5.54 Å². The predicted octanol–water partition coefficient (Wildman–Crippen LogP) is 3.35. The predicted molar refractivity (Wildman–Crippen MR) is 69.6 cm³/mol. The van der Waals surface area contributed by atoms with Crippen molar-refractivity contribution in [2.24, 2.45) is 5.73 Å². The Kier molecular flexibility index (Phi) is 3.08. The van der Waals surface area contributed by atoms with Crippen molar-refractivity contribution in [3.8, 4) is 5.75 Å². The highest BCUT2D eigenvalue weighted by Gasteiger charge is 2.40. The lowest BCUT2D eigenvalue weighted by Crippen LogP contribution is -2.18. The molecule has 0 heterocycles. The highest BCUT2D eigenvalue weighted by Crippen LogP contribution is 2.44. The molecule has 0 bridgehead atoms. The number of ether oxygens (including phenoxy) is 1. The number of benzene rings is 1. The summed E-state index contributed by atoms with van der Waals surface area (Å²) in [6.45, 7) is 6.30. The fourth-order valence-corrected chi connectivity index (χ4v) is 2.05. The van der Waals surface area contributed by atoms with Crippen molar-refractivity contribution in [3.63, 3.8) is 0 Å². The average molecular weight is 282 g/mol. The van der Waals surface area contributed by atoms with Gasteiger partial charge in [0.25, 0.3) is 0 Å². The van der Waals surface area contributed by atoms with Gasteiger partial charge < -0.3 is 10.5 Å². The fourth-order valence-electron chi connectivity index (χ4n) is 1.55. The molecule has 2 rings (SSSR count). The minimum atomic E-state index is -0.0879. The Morgan fingerprint density at radius 2 is 2.25 bits per heavy atom. The number of hydrogen-bond acceptors (Lipinski definition) is 2. The summed E-state index contributed by atoms with van der Waals surface area (Å²) >= 11 is 3.51. The van der Waals surface area contributed by atoms with Crippen LogP contribution < -0.4 is 10.5 Å². The summed E-state index contributed by atoms with van der Waals surface area (Å²) in [4.78, 5) is 0. The number of halogens is 1. The molecule has 0 atom stereocenters. The maximum absolute atomic E-state index is 6.13. The van der Waals surface area contributed by atoms with Crippen LogP contribution >= 0.6 is 15.9 Å². The molecule has 1 aromatic rings. The first-order chi connectivity index (χ1) is 7.51. The van der Waals surface area contributed by atoms with Gasteiger partial charge in [0.1, 0.15) is 12.4 Å². The Morgan fingerprint density at radius 3 is 2.75 bits per heavy atom. The average Bonchev–Trinajstić information content (AvgIpc) is 2.96. The maximum Gasteiger partial charge on any atom is 0.133 e. The largest absolute Gasteiger partial charge is 0.488 e. The second-order valence-electron chi connectivity index (χ2n) is 4.55. The van der Waals surface area contributed by atoms with Crippen LogP contribution in [0.25, 0.3) is 0 Å². The minimum Gasteiger partial charge on any atom is -0.488 e. The zero-order valence-electron chi connectivity index (χ0n) is 9.42. The van der Waals surface area contributed by atoms with E-state index in [1.54, 1.807) is 0 Å². The molecule has 1 fully saturated rings. The maximum atomic E-state index is 6.13. The zero-order valence-corrected chi connectivity index (χ0v) is 11.0. The van der Waals surface area contributed by atoms with Crippen LogP contribution in [0.2, 0.25) is 0 Å². The van der Waals surface area contributed by atoms with Gasteiger partial charge in [-0.1, -0.05) is 12.6 Å². The molecule has 1 aliphatic carbocycles. The highest BCUT2D eigenvalue weighted by molar-refractivity contribution is 9.10. The summed E-state index contributed by atoms with van der Waals surface area (Å²) in [7, 11) is 0. The van der Waals surface area contributed by atoms with E-state index in [-0.39, 0.29) is 5.54 Å². The quantitative estimate of drug-likeness (QED) is 0.859. The van der Waals surface area contributed by atoms with Gasteiger partial charge in [-0.3, -0.25) is 0 Å². The van der Waals surface area contributed by atoms with E-state index in [9.17, 15) is 0 Å². The lowest BCUT2D eigenvalue weighted by Gasteiger charge is -2.13. The van der Waals surface area contributed by atoms with E-state index in [1.807, 2.05) is 19.1 Å². The monoisotopic (exact) mass is 281 g/mol. The highest BCUT2D eigenvalue weighted by atomic mass is 79.9. The van der Waals surface area contributed by atoms with Crippen LogP contribution in [0.1, 0.15) is 25.3 Å². The van der Waals surface area contributed by atoms with E-state index in [4.69, 9.17) is 10.5 Å². The SMILES string of the molecule is C=C(C)COc1ccc(C2(N)CC2)cc1Br. The smallest absolute Gasteiger partial charge is 0.133 e. The first-order valence-corrected chi connectivity index (χ1v) is 6.17. The van der Waals surface area contributed by atoms with E-state index in [0.29, 0.717) is 6.61 Å². The second kappa shape index (κ2) is 4.22. The molecule has 1 aromatic carbocycles. The van der Waals surface area contributed by atoms with E-state index >= 15 is 0 Å². The van der Waals surface area contributed by atoms with Crippen LogP contribution in [0.3, 0.4) is 0 Å². The third-order valence-electron chi connectivity index (χ3n) is 2.77. The van der Waals surface area contributed by atoms with Gasteiger partial charge in [-0.15, -0.1) is 0 Å². The van der Waals surface area contributed by atoms with Crippen molar-refractivity contribution >= 4 is 15.9 Å². The molecule has 2 N–H and O–H groups in total. The molecule has 0 unspecified atom stereocenters. The molecule has 2 nitrogen and oxygen atoms in total. The molecule has 3 heteroatoms. The van der Waals surface area contributed by atoms with Gasteiger partial charge in [0, 0.05) is 5.54 Å². The van der Waals surface area contributed by atoms with Crippen molar-refractivity contribution in [2.45, 2.75) is 25.3 Å². The summed E-state index contributed by atoms with van der Waals surface area (Å²) in [5.74, 6) is 0.844. The Balaban J connectivity index is 2.13. The first-order valence-electron chi connectivity index (χ1n) is 5.37. The second-order valence-corrected chi connectivity index (χ2v) is 5.40. The molecule has 1 aliphatic rings. The summed E-state index contributed by atoms with van der Waals surface area (Å²) in [5.41, 5.74) is 8.24. The van der Waals surface area contributed by atoms with Crippen molar-refractivity contribution in [3.05, 3.63) is 40.4 Å². The summed E-state index contributed by atoms with van der Waals surface area (Å²) in [5, 5.41) is 0. The standard InChI is InChI=1S/C13H16BrNO/c1-9(2)8-16-12-4-3-10(7-11(12)14)13(15)5-6-13/h3-4,7H,1,5-6,8,15H2,2H3. The van der Waals surface area contributed by atoms with Crippen LogP contribution in [0.4, 0.5) is 0 Å². The fraction of sp³-hybridized carbons (Fsp3) is 0.385. The molecule has 16 heavy (non-hydrogen) atoms. The van der Waals surface area contributed by atoms with Gasteiger partial charge in [-0.05, 0) is 59.0 Å². The van der Waals surface area contributed by atoms with Gasteiger partial charge in [0.2, 0.25) is 0 Å². The summed E-state index contributed by atoms with van der Waals surface area (Å²) < 4.78 is 6.56. The number of rotatable bonds is 4. The molecule has 0 spiro atoms. The third kappa shape index (κ3) is 2.47. The molecule has 1 saturated carbocycles. The minimum absolute atomic E-state index is 0.0879. The van der Waals surface area contributed by atoms with Gasteiger partial charge >= 0.3 is 0 Å². The van der Waals surface area contributed by atoms with E-state index in [2.05, 4.69) is 28.6 Å². The number of nitrogens with two attached hydrogens (primary N) is 1. The van der Waals surface area contributed by atoms with Crippen molar-refractivity contribution in [1.29, 1.82) is 0 Å². The van der Waals surface area contributed by atoms with E-state index < -0.39 is 0 Å². The van der Waals surface area contributed by atoms with Crippen LogP contribution in [0, 0.1) is 0 Å². The van der Waals surface area contributed by atoms with Gasteiger partial charge in [0.15, 0.2) is 0 Å². The normalized spacial score (nSPS) is 16.9. The topological polar surface area (TPSA) is 35.2 Å². The third-order valence-corrected chi connectivity index (χ3v) is 3.39. The molecular weight excluding hydrogens is 266 g/mol. The summed E-state index contributed by atoms with van der Waals surface area (Å²) in [6.07, 6.45) is 2.15. The van der Waals surface area contributed by atoms with Crippen molar-refractivity contribution < 1.29 is 4.74 Å². The Labute approximate surface area is 105 Å². The van der Waals surface area contributed by atoms with Crippen LogP contribution in [0.15, 0.2) is 34.8 Å². The van der Waals surface area contributed by atoms with E-state index in [1.165, 1.54) is 5.56 Å². The molecule has 0 radical (unpaired) electrons. The van der Waals surface area contributed by atoms with Crippen molar-refractivity contribution in [1.82, 2.24) is 0 Å². The van der Waals surface area contributed by atoms with Gasteiger partial charge in [-0.2, -0.15) is 0 Å². The Bertz CT molecular complexity index is 424. The van der Waals surface area contributed by atoms with Crippen LogP contribution in [-0.4, -0.2) is 6.61 Å². The van der Waals surface area contributed by atoms with Gasteiger partial charge in [0.05, 0.1) is 4.47 Å². The first kappa shape index (κ1) is 11.7. The molecule has 0 aromatic heterocycles. The van der Waals surface area contributed by atoms with E-state index in [0.717, 1.165) is 28.6 Å². The lowest BCUT2D eigenvalue weighted by molar-refractivity contribution is 0.350.